The minimum atomic E-state index is -0.521. The number of nitrogens with two attached hydrogens (primary N) is 1. The number of carbonyl (C=O) groups is 2. The topological polar surface area (TPSA) is 93.9 Å². The molecule has 2 amide bonds. The van der Waals surface area contributed by atoms with Gasteiger partial charge in [0.1, 0.15) is 6.04 Å². The van der Waals surface area contributed by atoms with Gasteiger partial charge in [-0.3, -0.25) is 9.59 Å². The van der Waals surface area contributed by atoms with Crippen molar-refractivity contribution in [3.05, 3.63) is 23.8 Å². The molecule has 3 N–H and O–H groups in total. The Labute approximate surface area is 174 Å². The summed E-state index contributed by atoms with van der Waals surface area (Å²) in [6.45, 7) is 5.07. The molecular weight excluding hydrogens is 370 g/mol. The van der Waals surface area contributed by atoms with E-state index in [9.17, 15) is 9.59 Å². The molecule has 0 heterocycles. The second-order valence-corrected chi connectivity index (χ2v) is 7.59. The second kappa shape index (κ2) is 13.0. The molecule has 7 nitrogen and oxygen atoms in total. The maximum Gasteiger partial charge on any atom is 0.245 e. The summed E-state index contributed by atoms with van der Waals surface area (Å²) in [5.74, 6) is 1.20. The Morgan fingerprint density at radius 2 is 1.79 bits per heavy atom. The molecule has 1 unspecified atom stereocenters. The van der Waals surface area contributed by atoms with Crippen LogP contribution in [0.2, 0.25) is 0 Å². The van der Waals surface area contributed by atoms with Crippen molar-refractivity contribution >= 4 is 11.8 Å². The van der Waals surface area contributed by atoms with Gasteiger partial charge >= 0.3 is 0 Å². The first-order valence-electron chi connectivity index (χ1n) is 10.3. The first-order valence-corrected chi connectivity index (χ1v) is 10.3. The SMILES string of the molecule is COc1ccc(CCN(C)C(=O)C(NC(=O)CCCCCN)C(C)C)cc1OC. The molecule has 1 aromatic carbocycles. The van der Waals surface area contributed by atoms with E-state index in [1.165, 1.54) is 0 Å². The molecule has 1 aromatic rings. The zero-order valence-corrected chi connectivity index (χ0v) is 18.5. The van der Waals surface area contributed by atoms with Crippen molar-refractivity contribution in [1.29, 1.82) is 0 Å². The number of benzene rings is 1. The normalized spacial score (nSPS) is 11.8. The van der Waals surface area contributed by atoms with Crippen LogP contribution in [0.3, 0.4) is 0 Å². The average Bonchev–Trinajstić information content (AvgIpc) is 2.72. The Balaban J connectivity index is 2.62. The van der Waals surface area contributed by atoms with Crippen LogP contribution in [0.4, 0.5) is 0 Å². The Bertz CT molecular complexity index is 649. The molecule has 1 rings (SSSR count). The molecule has 0 aliphatic rings. The molecule has 7 heteroatoms. The van der Waals surface area contributed by atoms with Crippen molar-refractivity contribution < 1.29 is 19.1 Å². The highest BCUT2D eigenvalue weighted by Gasteiger charge is 2.26. The van der Waals surface area contributed by atoms with Crippen molar-refractivity contribution in [2.75, 3.05) is 34.4 Å². The van der Waals surface area contributed by atoms with E-state index < -0.39 is 6.04 Å². The van der Waals surface area contributed by atoms with Crippen molar-refractivity contribution in [3.63, 3.8) is 0 Å². The van der Waals surface area contributed by atoms with Gasteiger partial charge in [0, 0.05) is 20.0 Å². The van der Waals surface area contributed by atoms with Crippen LogP contribution in [-0.2, 0) is 16.0 Å². The molecule has 0 aliphatic heterocycles. The van der Waals surface area contributed by atoms with Gasteiger partial charge in [-0.1, -0.05) is 26.3 Å². The van der Waals surface area contributed by atoms with E-state index in [2.05, 4.69) is 5.32 Å². The Hall–Kier alpha value is -2.28. The van der Waals surface area contributed by atoms with Crippen LogP contribution in [0.5, 0.6) is 11.5 Å². The van der Waals surface area contributed by atoms with Gasteiger partial charge in [-0.15, -0.1) is 0 Å². The quantitative estimate of drug-likeness (QED) is 0.490. The van der Waals surface area contributed by atoms with E-state index >= 15 is 0 Å². The number of ether oxygens (including phenoxy) is 2. The number of unbranched alkanes of at least 4 members (excludes halogenated alkanes) is 2. The third kappa shape index (κ3) is 8.31. The lowest BCUT2D eigenvalue weighted by Crippen LogP contribution is -2.50. The minimum absolute atomic E-state index is 0.0130. The molecule has 0 aromatic heterocycles. The van der Waals surface area contributed by atoms with E-state index in [-0.39, 0.29) is 17.7 Å². The predicted octanol–water partition coefficient (Wildman–Crippen LogP) is 2.36. The predicted molar refractivity (Wildman–Crippen MR) is 115 cm³/mol. The summed E-state index contributed by atoms with van der Waals surface area (Å²) in [4.78, 5) is 26.8. The molecule has 1 atom stereocenters. The summed E-state index contributed by atoms with van der Waals surface area (Å²) in [5.41, 5.74) is 6.52. The summed E-state index contributed by atoms with van der Waals surface area (Å²) < 4.78 is 10.6. The van der Waals surface area contributed by atoms with Gasteiger partial charge in [-0.2, -0.15) is 0 Å². The molecule has 0 bridgehead atoms. The summed E-state index contributed by atoms with van der Waals surface area (Å²) in [6, 6.07) is 5.22. The zero-order valence-electron chi connectivity index (χ0n) is 18.5. The summed E-state index contributed by atoms with van der Waals surface area (Å²) in [5, 5.41) is 2.91. The van der Waals surface area contributed by atoms with Crippen LogP contribution < -0.4 is 20.5 Å². The molecule has 0 aliphatic carbocycles. The fourth-order valence-corrected chi connectivity index (χ4v) is 3.05. The van der Waals surface area contributed by atoms with Gasteiger partial charge in [-0.25, -0.2) is 0 Å². The highest BCUT2D eigenvalue weighted by Crippen LogP contribution is 2.27. The minimum Gasteiger partial charge on any atom is -0.493 e. The lowest BCUT2D eigenvalue weighted by Gasteiger charge is -2.27. The van der Waals surface area contributed by atoms with Crippen LogP contribution >= 0.6 is 0 Å². The third-order valence-electron chi connectivity index (χ3n) is 4.92. The highest BCUT2D eigenvalue weighted by molar-refractivity contribution is 5.87. The van der Waals surface area contributed by atoms with E-state index in [0.29, 0.717) is 37.4 Å². The van der Waals surface area contributed by atoms with Crippen molar-refractivity contribution in [1.82, 2.24) is 10.2 Å². The van der Waals surface area contributed by atoms with Crippen molar-refractivity contribution in [2.45, 2.75) is 52.0 Å². The van der Waals surface area contributed by atoms with Gasteiger partial charge < -0.3 is 25.4 Å². The van der Waals surface area contributed by atoms with E-state index in [1.807, 2.05) is 32.0 Å². The molecule has 0 saturated carbocycles. The Morgan fingerprint density at radius 3 is 2.38 bits per heavy atom. The number of likely N-dealkylation sites (N-methyl/N-ethyl adjacent to an activating group) is 1. The second-order valence-electron chi connectivity index (χ2n) is 7.59. The number of hydrogen-bond donors (Lipinski definition) is 2. The highest BCUT2D eigenvalue weighted by atomic mass is 16.5. The van der Waals surface area contributed by atoms with Gasteiger partial charge in [0.05, 0.1) is 14.2 Å². The van der Waals surface area contributed by atoms with Crippen LogP contribution in [0, 0.1) is 5.92 Å². The molecule has 164 valence electrons. The molecule has 29 heavy (non-hydrogen) atoms. The van der Waals surface area contributed by atoms with Crippen molar-refractivity contribution in [2.24, 2.45) is 11.7 Å². The first kappa shape index (κ1) is 24.8. The zero-order chi connectivity index (χ0) is 21.8. The van der Waals surface area contributed by atoms with Gasteiger partial charge in [0.15, 0.2) is 11.5 Å². The first-order chi connectivity index (χ1) is 13.8. The van der Waals surface area contributed by atoms with Crippen LogP contribution in [0.25, 0.3) is 0 Å². The van der Waals surface area contributed by atoms with Gasteiger partial charge in [-0.05, 0) is 49.4 Å². The number of nitrogens with zero attached hydrogens (tertiary/aromatic N) is 1. The average molecular weight is 408 g/mol. The third-order valence-corrected chi connectivity index (χ3v) is 4.92. The summed E-state index contributed by atoms with van der Waals surface area (Å²) in [7, 11) is 4.97. The monoisotopic (exact) mass is 407 g/mol. The van der Waals surface area contributed by atoms with Crippen LogP contribution in [0.1, 0.15) is 45.1 Å². The molecule has 0 saturated heterocycles. The maximum absolute atomic E-state index is 12.9. The van der Waals surface area contributed by atoms with E-state index in [4.69, 9.17) is 15.2 Å². The molecular formula is C22H37N3O4. The fourth-order valence-electron chi connectivity index (χ4n) is 3.05. The lowest BCUT2D eigenvalue weighted by molar-refractivity contribution is -0.136. The Morgan fingerprint density at radius 1 is 1.10 bits per heavy atom. The number of methoxy groups -OCH3 is 2. The fraction of sp³-hybridized carbons (Fsp3) is 0.636. The number of nitrogens with one attached hydrogen (secondary N) is 1. The largest absolute Gasteiger partial charge is 0.493 e. The van der Waals surface area contributed by atoms with Crippen molar-refractivity contribution in [3.8, 4) is 11.5 Å². The molecule has 0 spiro atoms. The molecule has 0 fully saturated rings. The molecule has 0 radical (unpaired) electrons. The lowest BCUT2D eigenvalue weighted by atomic mass is 10.0. The number of hydrogen-bond acceptors (Lipinski definition) is 5. The van der Waals surface area contributed by atoms with Crippen LogP contribution in [-0.4, -0.2) is 57.1 Å². The number of carbonyl (C=O) groups excluding carboxylic acids is 2. The van der Waals surface area contributed by atoms with Crippen LogP contribution in [0.15, 0.2) is 18.2 Å². The Kier molecular flexibility index (Phi) is 11.1. The maximum atomic E-state index is 12.9. The van der Waals surface area contributed by atoms with E-state index in [0.717, 1.165) is 24.8 Å². The smallest absolute Gasteiger partial charge is 0.245 e. The van der Waals surface area contributed by atoms with Gasteiger partial charge in [0.2, 0.25) is 11.8 Å². The summed E-state index contributed by atoms with van der Waals surface area (Å²) >= 11 is 0. The van der Waals surface area contributed by atoms with E-state index in [1.54, 1.807) is 26.2 Å². The number of rotatable bonds is 13. The standard InChI is InChI=1S/C22H37N3O4/c1-16(2)21(24-20(26)9-7-6-8-13-23)22(27)25(3)14-12-17-10-11-18(28-4)19(15-17)29-5/h10-11,15-16,21H,6-9,12-14,23H2,1-5H3,(H,24,26). The number of amides is 2. The van der Waals surface area contributed by atoms with Gasteiger partial charge in [0.25, 0.3) is 0 Å². The summed E-state index contributed by atoms with van der Waals surface area (Å²) in [6.07, 6.45) is 3.73.